The molecule has 1 aromatic heterocycles. The first-order valence-corrected chi connectivity index (χ1v) is 11.9. The molecule has 0 saturated heterocycles. The maximum atomic E-state index is 11.3. The van der Waals surface area contributed by atoms with Crippen LogP contribution in [0, 0.1) is 0 Å². The third-order valence-corrected chi connectivity index (χ3v) is 6.54. The van der Waals surface area contributed by atoms with E-state index in [0.717, 1.165) is 48.0 Å². The molecule has 35 heavy (non-hydrogen) atoms. The van der Waals surface area contributed by atoms with Crippen molar-refractivity contribution in [2.45, 2.75) is 25.3 Å². The van der Waals surface area contributed by atoms with Gasteiger partial charge in [0, 0.05) is 49.4 Å². The minimum atomic E-state index is -0.552. The lowest BCUT2D eigenvalue weighted by molar-refractivity contribution is -0.124. The van der Waals surface area contributed by atoms with E-state index in [1.807, 2.05) is 18.2 Å². The Morgan fingerprint density at radius 2 is 2.11 bits per heavy atom. The van der Waals surface area contributed by atoms with E-state index in [1.165, 1.54) is 22.8 Å². The van der Waals surface area contributed by atoms with Crippen molar-refractivity contribution in [2.75, 3.05) is 40.0 Å². The molecule has 1 aliphatic rings. The number of nitrogens with zero attached hydrogens (tertiary/aromatic N) is 1. The molecule has 8 heteroatoms. The molecule has 0 radical (unpaired) electrons. The van der Waals surface area contributed by atoms with Crippen molar-refractivity contribution < 1.29 is 24.6 Å². The number of hydrogen-bond acceptors (Lipinski definition) is 6. The first-order chi connectivity index (χ1) is 17.1. The maximum absolute atomic E-state index is 11.3. The van der Waals surface area contributed by atoms with Crippen LogP contribution >= 0.6 is 0 Å². The minimum Gasteiger partial charge on any atom is -0.491 e. The van der Waals surface area contributed by atoms with Gasteiger partial charge in [0.05, 0.1) is 13.2 Å². The lowest BCUT2D eigenvalue weighted by atomic mass is 10.0. The van der Waals surface area contributed by atoms with E-state index in [-0.39, 0.29) is 12.6 Å². The number of fused-ring (bicyclic) bond motifs is 2. The van der Waals surface area contributed by atoms with Gasteiger partial charge in [-0.3, -0.25) is 14.9 Å². The Morgan fingerprint density at radius 3 is 2.91 bits per heavy atom. The predicted molar refractivity (Wildman–Crippen MR) is 134 cm³/mol. The number of carbonyl (C=O) groups excluding carboxylic acids is 1. The SMILES string of the molecule is COCCOc1ccc2[nH]cc(CCN(CCO)C3CCc4cc(/C=C/C(=O)NO)ccc43)c2c1. The molecule has 1 unspecified atom stereocenters. The number of ether oxygens (including phenoxy) is 2. The van der Waals surface area contributed by atoms with E-state index in [4.69, 9.17) is 14.7 Å². The van der Waals surface area contributed by atoms with Gasteiger partial charge in [0.25, 0.3) is 5.91 Å². The summed E-state index contributed by atoms with van der Waals surface area (Å²) in [5, 5.41) is 19.6. The van der Waals surface area contributed by atoms with Gasteiger partial charge in [0.2, 0.25) is 0 Å². The molecule has 1 heterocycles. The number of H-pyrrole nitrogens is 1. The number of benzene rings is 2. The Morgan fingerprint density at radius 1 is 1.23 bits per heavy atom. The van der Waals surface area contributed by atoms with Gasteiger partial charge in [-0.15, -0.1) is 0 Å². The number of hydrogen-bond donors (Lipinski definition) is 4. The number of aliphatic hydroxyl groups excluding tert-OH is 1. The van der Waals surface area contributed by atoms with Crippen molar-refractivity contribution in [3.63, 3.8) is 0 Å². The first-order valence-electron chi connectivity index (χ1n) is 11.9. The van der Waals surface area contributed by atoms with Crippen LogP contribution in [-0.2, 0) is 22.4 Å². The third-order valence-electron chi connectivity index (χ3n) is 6.54. The molecule has 1 atom stereocenters. The van der Waals surface area contributed by atoms with Gasteiger partial charge in [-0.25, -0.2) is 5.48 Å². The highest BCUT2D eigenvalue weighted by Crippen LogP contribution is 2.36. The molecule has 0 fully saturated rings. The van der Waals surface area contributed by atoms with E-state index in [2.05, 4.69) is 34.3 Å². The van der Waals surface area contributed by atoms with Crippen LogP contribution in [0.1, 0.15) is 34.7 Å². The zero-order valence-corrected chi connectivity index (χ0v) is 20.0. The highest BCUT2D eigenvalue weighted by atomic mass is 16.5. The number of aliphatic hydroxyl groups is 1. The second kappa shape index (κ2) is 12.0. The Balaban J connectivity index is 1.46. The standard InChI is InChI=1S/C27H33N3O5/c1-34-14-15-35-22-5-7-25-24(17-22)21(18-28-25)10-11-30(12-13-31)26-8-4-20-16-19(2-6-23(20)26)3-9-27(32)29-33/h2-3,5-7,9,16-18,26,28,31,33H,4,8,10-15H2,1H3,(H,29,32)/b9-3+. The molecule has 0 spiro atoms. The molecule has 1 aliphatic carbocycles. The summed E-state index contributed by atoms with van der Waals surface area (Å²) in [5.74, 6) is 0.275. The van der Waals surface area contributed by atoms with Crippen LogP contribution in [0.2, 0.25) is 0 Å². The molecule has 1 amide bonds. The summed E-state index contributed by atoms with van der Waals surface area (Å²) in [6.45, 7) is 2.60. The monoisotopic (exact) mass is 479 g/mol. The van der Waals surface area contributed by atoms with Gasteiger partial charge in [0.15, 0.2) is 0 Å². The summed E-state index contributed by atoms with van der Waals surface area (Å²) in [7, 11) is 1.66. The molecule has 0 bridgehead atoms. The number of carbonyl (C=O) groups is 1. The van der Waals surface area contributed by atoms with Crippen LogP contribution in [0.5, 0.6) is 5.75 Å². The molecule has 0 saturated carbocycles. The van der Waals surface area contributed by atoms with Gasteiger partial charge in [-0.05, 0) is 65.8 Å². The second-order valence-corrected chi connectivity index (χ2v) is 8.69. The predicted octanol–water partition coefficient (Wildman–Crippen LogP) is 3.24. The van der Waals surface area contributed by atoms with Gasteiger partial charge in [0.1, 0.15) is 12.4 Å². The van der Waals surface area contributed by atoms with Crippen LogP contribution < -0.4 is 10.2 Å². The fourth-order valence-electron chi connectivity index (χ4n) is 4.82. The number of hydroxylamine groups is 1. The molecular formula is C27H33N3O5. The number of aryl methyl sites for hydroxylation is 1. The molecule has 4 N–H and O–H groups in total. The second-order valence-electron chi connectivity index (χ2n) is 8.69. The zero-order chi connectivity index (χ0) is 24.6. The number of nitrogens with one attached hydrogen (secondary N) is 2. The molecule has 8 nitrogen and oxygen atoms in total. The summed E-state index contributed by atoms with van der Waals surface area (Å²) in [6.07, 6.45) is 7.85. The first kappa shape index (κ1) is 24.9. The van der Waals surface area contributed by atoms with Gasteiger partial charge >= 0.3 is 0 Å². The average Bonchev–Trinajstić information content (AvgIpc) is 3.48. The lowest BCUT2D eigenvalue weighted by Crippen LogP contribution is -2.32. The Labute approximate surface area is 205 Å². The average molecular weight is 480 g/mol. The number of amides is 1. The van der Waals surface area contributed by atoms with Crippen molar-refractivity contribution in [3.8, 4) is 5.75 Å². The van der Waals surface area contributed by atoms with Crippen LogP contribution in [0.3, 0.4) is 0 Å². The maximum Gasteiger partial charge on any atom is 0.267 e. The lowest BCUT2D eigenvalue weighted by Gasteiger charge is -2.29. The highest BCUT2D eigenvalue weighted by Gasteiger charge is 2.27. The zero-order valence-electron chi connectivity index (χ0n) is 20.0. The van der Waals surface area contributed by atoms with Crippen LogP contribution in [0.4, 0.5) is 0 Å². The molecule has 3 aromatic rings. The topological polar surface area (TPSA) is 107 Å². The van der Waals surface area contributed by atoms with Crippen molar-refractivity contribution in [2.24, 2.45) is 0 Å². The molecule has 4 rings (SSSR count). The minimum absolute atomic E-state index is 0.105. The molecule has 2 aromatic carbocycles. The van der Waals surface area contributed by atoms with Crippen molar-refractivity contribution in [1.29, 1.82) is 0 Å². The summed E-state index contributed by atoms with van der Waals surface area (Å²) < 4.78 is 10.9. The smallest absolute Gasteiger partial charge is 0.267 e. The quantitative estimate of drug-likeness (QED) is 0.138. The van der Waals surface area contributed by atoms with Gasteiger partial charge in [-0.2, -0.15) is 0 Å². The molecular weight excluding hydrogens is 446 g/mol. The summed E-state index contributed by atoms with van der Waals surface area (Å²) in [4.78, 5) is 17.0. The van der Waals surface area contributed by atoms with Crippen LogP contribution in [-0.4, -0.2) is 66.1 Å². The van der Waals surface area contributed by atoms with Gasteiger partial charge in [-0.1, -0.05) is 18.2 Å². The summed E-state index contributed by atoms with van der Waals surface area (Å²) in [6, 6.07) is 12.5. The largest absolute Gasteiger partial charge is 0.491 e. The number of aromatic amines is 1. The Kier molecular flexibility index (Phi) is 8.54. The van der Waals surface area contributed by atoms with Gasteiger partial charge < -0.3 is 19.6 Å². The van der Waals surface area contributed by atoms with E-state index in [0.29, 0.717) is 19.8 Å². The van der Waals surface area contributed by atoms with Crippen molar-refractivity contribution in [3.05, 3.63) is 70.9 Å². The Hall–Kier alpha value is -3.17. The third kappa shape index (κ3) is 6.10. The van der Waals surface area contributed by atoms with E-state index in [9.17, 15) is 9.90 Å². The summed E-state index contributed by atoms with van der Waals surface area (Å²) >= 11 is 0. The molecule has 0 aliphatic heterocycles. The van der Waals surface area contributed by atoms with Crippen molar-refractivity contribution >= 4 is 22.9 Å². The highest BCUT2D eigenvalue weighted by molar-refractivity contribution is 5.90. The van der Waals surface area contributed by atoms with Crippen LogP contribution in [0.15, 0.2) is 48.7 Å². The molecule has 186 valence electrons. The van der Waals surface area contributed by atoms with E-state index < -0.39 is 5.91 Å². The fourth-order valence-corrected chi connectivity index (χ4v) is 4.82. The van der Waals surface area contributed by atoms with E-state index in [1.54, 1.807) is 18.7 Å². The fraction of sp³-hybridized carbons (Fsp3) is 0.370. The number of methoxy groups -OCH3 is 1. The van der Waals surface area contributed by atoms with E-state index >= 15 is 0 Å². The number of rotatable bonds is 12. The normalized spacial score (nSPS) is 15.3. The van der Waals surface area contributed by atoms with Crippen molar-refractivity contribution in [1.82, 2.24) is 15.4 Å². The number of aromatic nitrogens is 1. The Bertz CT molecular complexity index is 1170. The summed E-state index contributed by atoms with van der Waals surface area (Å²) in [5.41, 5.74) is 7.36. The van der Waals surface area contributed by atoms with Crippen LogP contribution in [0.25, 0.3) is 17.0 Å².